The summed E-state index contributed by atoms with van der Waals surface area (Å²) in [5, 5.41) is 8.84. The Morgan fingerprint density at radius 2 is 2.11 bits per heavy atom. The summed E-state index contributed by atoms with van der Waals surface area (Å²) in [6, 6.07) is 5.87. The Balaban J connectivity index is 2.91. The molecule has 0 aliphatic rings. The van der Waals surface area contributed by atoms with Crippen LogP contribution in [0.5, 0.6) is 0 Å². The lowest BCUT2D eigenvalue weighted by atomic mass is 10.2. The van der Waals surface area contributed by atoms with Gasteiger partial charge in [0.15, 0.2) is 5.78 Å². The molecule has 18 heavy (non-hydrogen) atoms. The van der Waals surface area contributed by atoms with Gasteiger partial charge in [0.2, 0.25) is 10.0 Å². The quantitative estimate of drug-likeness (QED) is 0.749. The number of carbonyl (C=O) groups excluding carboxylic acids is 1. The molecule has 1 rings (SSSR count). The molecule has 0 saturated heterocycles. The highest BCUT2D eigenvalue weighted by Gasteiger charge is 2.15. The number of nitrogens with one attached hydrogen (secondary N) is 1. The van der Waals surface area contributed by atoms with Gasteiger partial charge in [0.1, 0.15) is 0 Å². The second-order valence-corrected chi connectivity index (χ2v) is 5.99. The first kappa shape index (κ1) is 14.8. The molecular formula is C12H17NO4S. The summed E-state index contributed by atoms with van der Waals surface area (Å²) >= 11 is 0. The molecular weight excluding hydrogens is 254 g/mol. The Kier molecular flexibility index (Phi) is 5.01. The number of carbonyl (C=O) groups is 1. The van der Waals surface area contributed by atoms with Crippen molar-refractivity contribution in [1.82, 2.24) is 4.72 Å². The first-order chi connectivity index (χ1) is 8.36. The smallest absolute Gasteiger partial charge is 0.240 e. The summed E-state index contributed by atoms with van der Waals surface area (Å²) in [7, 11) is -3.63. The summed E-state index contributed by atoms with van der Waals surface area (Å²) in [6.45, 7) is 3.18. The number of Topliss-reactive ketones (excluding diaryl/α,β-unsaturated/α-hetero) is 1. The zero-order chi connectivity index (χ0) is 13.8. The molecule has 1 aromatic carbocycles. The largest absolute Gasteiger partial charge is 0.396 e. The van der Waals surface area contributed by atoms with Crippen molar-refractivity contribution < 1.29 is 18.3 Å². The molecule has 2 N–H and O–H groups in total. The van der Waals surface area contributed by atoms with Crippen molar-refractivity contribution in [2.45, 2.75) is 18.7 Å². The van der Waals surface area contributed by atoms with Crippen LogP contribution >= 0.6 is 0 Å². The molecule has 100 valence electrons. The Bertz CT molecular complexity index is 525. The van der Waals surface area contributed by atoms with Gasteiger partial charge < -0.3 is 5.11 Å². The topological polar surface area (TPSA) is 83.5 Å². The SMILES string of the molecule is CC(=O)c1cccc(S(=O)(=O)NCC(C)CO)c1. The van der Waals surface area contributed by atoms with Crippen LogP contribution in [0.1, 0.15) is 24.2 Å². The molecule has 1 atom stereocenters. The maximum atomic E-state index is 11.9. The first-order valence-corrected chi connectivity index (χ1v) is 7.06. The van der Waals surface area contributed by atoms with Crippen LogP contribution in [0, 0.1) is 5.92 Å². The predicted molar refractivity (Wildman–Crippen MR) is 67.9 cm³/mol. The van der Waals surface area contributed by atoms with Crippen LogP contribution in [0.25, 0.3) is 0 Å². The minimum Gasteiger partial charge on any atom is -0.396 e. The highest BCUT2D eigenvalue weighted by atomic mass is 32.2. The number of aliphatic hydroxyl groups is 1. The van der Waals surface area contributed by atoms with Crippen molar-refractivity contribution in [3.8, 4) is 0 Å². The van der Waals surface area contributed by atoms with Gasteiger partial charge in [-0.05, 0) is 25.0 Å². The second-order valence-electron chi connectivity index (χ2n) is 4.22. The van der Waals surface area contributed by atoms with Crippen molar-refractivity contribution in [1.29, 1.82) is 0 Å². The first-order valence-electron chi connectivity index (χ1n) is 5.58. The zero-order valence-corrected chi connectivity index (χ0v) is 11.2. The average Bonchev–Trinajstić information content (AvgIpc) is 2.36. The van der Waals surface area contributed by atoms with E-state index >= 15 is 0 Å². The van der Waals surface area contributed by atoms with Gasteiger partial charge in [0, 0.05) is 18.7 Å². The highest BCUT2D eigenvalue weighted by molar-refractivity contribution is 7.89. The third-order valence-electron chi connectivity index (χ3n) is 2.48. The van der Waals surface area contributed by atoms with E-state index in [9.17, 15) is 13.2 Å². The van der Waals surface area contributed by atoms with Crippen LogP contribution in [-0.4, -0.2) is 32.5 Å². The van der Waals surface area contributed by atoms with Crippen molar-refractivity contribution in [3.63, 3.8) is 0 Å². The number of benzene rings is 1. The highest BCUT2D eigenvalue weighted by Crippen LogP contribution is 2.12. The van der Waals surface area contributed by atoms with Crippen LogP contribution in [-0.2, 0) is 10.0 Å². The second kappa shape index (κ2) is 6.08. The van der Waals surface area contributed by atoms with Gasteiger partial charge in [0.05, 0.1) is 4.90 Å². The maximum absolute atomic E-state index is 11.9. The molecule has 0 spiro atoms. The van der Waals surface area contributed by atoms with Gasteiger partial charge in [-0.15, -0.1) is 0 Å². The fourth-order valence-electron chi connectivity index (χ4n) is 1.28. The Morgan fingerprint density at radius 1 is 1.44 bits per heavy atom. The molecule has 6 heteroatoms. The standard InChI is InChI=1S/C12H17NO4S/c1-9(8-14)7-13-18(16,17)12-5-3-4-11(6-12)10(2)15/h3-6,9,13-14H,7-8H2,1-2H3. The summed E-state index contributed by atoms with van der Waals surface area (Å²) in [5.74, 6) is -0.341. The lowest BCUT2D eigenvalue weighted by molar-refractivity contribution is 0.101. The predicted octanol–water partition coefficient (Wildman–Crippen LogP) is 0.796. The summed E-state index contributed by atoms with van der Waals surface area (Å²) < 4.78 is 26.2. The van der Waals surface area contributed by atoms with E-state index in [2.05, 4.69) is 4.72 Å². The van der Waals surface area contributed by atoms with Crippen LogP contribution in [0.3, 0.4) is 0 Å². The van der Waals surface area contributed by atoms with Gasteiger partial charge in [-0.25, -0.2) is 13.1 Å². The Labute approximate surface area is 107 Å². The van der Waals surface area contributed by atoms with Crippen LogP contribution in [0.2, 0.25) is 0 Å². The molecule has 0 aliphatic carbocycles. The summed E-state index contributed by atoms with van der Waals surface area (Å²) in [5.41, 5.74) is 0.355. The number of sulfonamides is 1. The van der Waals surface area contributed by atoms with Crippen LogP contribution in [0.4, 0.5) is 0 Å². The molecule has 0 heterocycles. The van der Waals surface area contributed by atoms with E-state index in [-0.39, 0.29) is 29.7 Å². The molecule has 0 fully saturated rings. The van der Waals surface area contributed by atoms with Crippen LogP contribution < -0.4 is 4.72 Å². The summed E-state index contributed by atoms with van der Waals surface area (Å²) in [4.78, 5) is 11.2. The van der Waals surface area contributed by atoms with E-state index in [0.717, 1.165) is 0 Å². The van der Waals surface area contributed by atoms with Crippen LogP contribution in [0.15, 0.2) is 29.2 Å². The number of rotatable bonds is 6. The number of hydrogen-bond acceptors (Lipinski definition) is 4. The van der Waals surface area contributed by atoms with E-state index in [1.165, 1.54) is 25.1 Å². The fourth-order valence-corrected chi connectivity index (χ4v) is 2.49. The van der Waals surface area contributed by atoms with Gasteiger partial charge in [-0.2, -0.15) is 0 Å². The van der Waals surface area contributed by atoms with E-state index < -0.39 is 10.0 Å². The Hall–Kier alpha value is -1.24. The van der Waals surface area contributed by atoms with E-state index in [4.69, 9.17) is 5.11 Å². The molecule has 0 amide bonds. The van der Waals surface area contributed by atoms with Crippen molar-refractivity contribution >= 4 is 15.8 Å². The molecule has 1 unspecified atom stereocenters. The number of aliphatic hydroxyl groups excluding tert-OH is 1. The fraction of sp³-hybridized carbons (Fsp3) is 0.417. The zero-order valence-electron chi connectivity index (χ0n) is 10.4. The van der Waals surface area contributed by atoms with Gasteiger partial charge in [-0.1, -0.05) is 19.1 Å². The number of hydrogen-bond donors (Lipinski definition) is 2. The molecule has 0 saturated carbocycles. The minimum absolute atomic E-state index is 0.0559. The van der Waals surface area contributed by atoms with Crippen molar-refractivity contribution in [3.05, 3.63) is 29.8 Å². The normalized spacial score (nSPS) is 13.3. The van der Waals surface area contributed by atoms with Gasteiger partial charge >= 0.3 is 0 Å². The molecule has 5 nitrogen and oxygen atoms in total. The van der Waals surface area contributed by atoms with E-state index in [1.807, 2.05) is 0 Å². The third-order valence-corrected chi connectivity index (χ3v) is 3.91. The number of ketones is 1. The average molecular weight is 271 g/mol. The van der Waals surface area contributed by atoms with Gasteiger partial charge in [0.25, 0.3) is 0 Å². The van der Waals surface area contributed by atoms with Gasteiger partial charge in [-0.3, -0.25) is 4.79 Å². The third kappa shape index (κ3) is 3.90. The minimum atomic E-state index is -3.63. The Morgan fingerprint density at radius 3 is 2.67 bits per heavy atom. The summed E-state index contributed by atoms with van der Waals surface area (Å²) in [6.07, 6.45) is 0. The maximum Gasteiger partial charge on any atom is 0.240 e. The molecule has 0 aromatic heterocycles. The molecule has 0 radical (unpaired) electrons. The molecule has 0 aliphatic heterocycles. The van der Waals surface area contributed by atoms with Crippen molar-refractivity contribution in [2.75, 3.05) is 13.2 Å². The molecule has 0 bridgehead atoms. The van der Waals surface area contributed by atoms with Crippen molar-refractivity contribution in [2.24, 2.45) is 5.92 Å². The van der Waals surface area contributed by atoms with E-state index in [0.29, 0.717) is 5.56 Å². The van der Waals surface area contributed by atoms with E-state index in [1.54, 1.807) is 13.0 Å². The lowest BCUT2D eigenvalue weighted by Crippen LogP contribution is -2.29. The molecule has 1 aromatic rings. The lowest BCUT2D eigenvalue weighted by Gasteiger charge is -2.10. The monoisotopic (exact) mass is 271 g/mol.